The lowest BCUT2D eigenvalue weighted by molar-refractivity contribution is -0.384. The zero-order valence-electron chi connectivity index (χ0n) is 12.5. The lowest BCUT2D eigenvalue weighted by Gasteiger charge is -2.09. The number of hydrogen-bond donors (Lipinski definition) is 0. The van der Waals surface area contributed by atoms with Gasteiger partial charge >= 0.3 is 0 Å². The van der Waals surface area contributed by atoms with E-state index in [9.17, 15) is 14.9 Å². The highest BCUT2D eigenvalue weighted by Crippen LogP contribution is 2.29. The summed E-state index contributed by atoms with van der Waals surface area (Å²) in [5.41, 5.74) is 1.06. The van der Waals surface area contributed by atoms with Crippen molar-refractivity contribution in [1.29, 1.82) is 0 Å². The Balaban J connectivity index is 2.00. The minimum atomic E-state index is -0.456. The lowest BCUT2D eigenvalue weighted by Crippen LogP contribution is -2.16. The highest BCUT2D eigenvalue weighted by Gasteiger charge is 2.10. The Hall–Kier alpha value is -3.22. The van der Waals surface area contributed by atoms with Gasteiger partial charge in [0.15, 0.2) is 0 Å². The van der Waals surface area contributed by atoms with Crippen molar-refractivity contribution < 1.29 is 9.66 Å². The van der Waals surface area contributed by atoms with E-state index in [2.05, 4.69) is 4.98 Å². The highest BCUT2D eigenvalue weighted by atomic mass is 16.6. The van der Waals surface area contributed by atoms with Crippen LogP contribution in [0.4, 0.5) is 5.69 Å². The molecule has 0 saturated heterocycles. The van der Waals surface area contributed by atoms with E-state index in [0.29, 0.717) is 28.0 Å². The van der Waals surface area contributed by atoms with Crippen molar-refractivity contribution in [1.82, 2.24) is 9.55 Å². The molecule has 3 rings (SSSR count). The molecule has 3 aromatic rings. The first-order valence-corrected chi connectivity index (χ1v) is 6.84. The highest BCUT2D eigenvalue weighted by molar-refractivity contribution is 5.79. The Labute approximate surface area is 130 Å². The van der Waals surface area contributed by atoms with Crippen molar-refractivity contribution in [2.45, 2.75) is 6.92 Å². The summed E-state index contributed by atoms with van der Waals surface area (Å²) in [5, 5.41) is 11.2. The number of non-ortho nitro benzene ring substituents is 1. The first-order chi connectivity index (χ1) is 11.0. The third kappa shape index (κ3) is 2.76. The number of rotatable bonds is 3. The predicted octanol–water partition coefficient (Wildman–Crippen LogP) is 2.94. The van der Waals surface area contributed by atoms with Gasteiger partial charge in [-0.05, 0) is 36.8 Å². The van der Waals surface area contributed by atoms with Crippen LogP contribution < -0.4 is 10.3 Å². The van der Waals surface area contributed by atoms with Crippen LogP contribution in [0.2, 0.25) is 0 Å². The summed E-state index contributed by atoms with van der Waals surface area (Å²) in [4.78, 5) is 26.6. The summed E-state index contributed by atoms with van der Waals surface area (Å²) in [6.45, 7) is 1.73. The van der Waals surface area contributed by atoms with Crippen LogP contribution in [0, 0.1) is 17.0 Å². The maximum atomic E-state index is 12.1. The van der Waals surface area contributed by atoms with Gasteiger partial charge < -0.3 is 9.30 Å². The third-order valence-electron chi connectivity index (χ3n) is 3.49. The normalized spacial score (nSPS) is 10.7. The van der Waals surface area contributed by atoms with Crippen molar-refractivity contribution in [3.05, 3.63) is 68.8 Å². The molecule has 7 nitrogen and oxygen atoms in total. The van der Waals surface area contributed by atoms with Gasteiger partial charge in [-0.25, -0.2) is 4.98 Å². The molecule has 116 valence electrons. The third-order valence-corrected chi connectivity index (χ3v) is 3.49. The number of fused-ring (bicyclic) bond motifs is 1. The quantitative estimate of drug-likeness (QED) is 0.548. The maximum Gasteiger partial charge on any atom is 0.269 e. The van der Waals surface area contributed by atoms with E-state index in [1.54, 1.807) is 38.2 Å². The lowest BCUT2D eigenvalue weighted by atomic mass is 10.2. The van der Waals surface area contributed by atoms with Gasteiger partial charge in [-0.15, -0.1) is 0 Å². The molecule has 0 unspecified atom stereocenters. The van der Waals surface area contributed by atoms with Crippen molar-refractivity contribution in [3.63, 3.8) is 0 Å². The fourth-order valence-corrected chi connectivity index (χ4v) is 2.24. The molecule has 0 atom stereocenters. The molecule has 0 aliphatic heterocycles. The molecule has 0 aliphatic rings. The Bertz CT molecular complexity index is 979. The molecule has 2 aromatic carbocycles. The minimum absolute atomic E-state index is 0.00595. The van der Waals surface area contributed by atoms with Crippen molar-refractivity contribution in [3.8, 4) is 11.5 Å². The summed E-state index contributed by atoms with van der Waals surface area (Å²) in [7, 11) is 1.63. The van der Waals surface area contributed by atoms with Crippen LogP contribution >= 0.6 is 0 Å². The van der Waals surface area contributed by atoms with Crippen LogP contribution in [0.25, 0.3) is 10.9 Å². The van der Waals surface area contributed by atoms with Crippen molar-refractivity contribution in [2.24, 2.45) is 7.05 Å². The molecule has 7 heteroatoms. The van der Waals surface area contributed by atoms with Gasteiger partial charge in [-0.1, -0.05) is 0 Å². The van der Waals surface area contributed by atoms with Gasteiger partial charge in [0, 0.05) is 19.2 Å². The average molecular weight is 311 g/mol. The van der Waals surface area contributed by atoms with E-state index in [0.717, 1.165) is 0 Å². The van der Waals surface area contributed by atoms with Gasteiger partial charge in [0.1, 0.15) is 11.5 Å². The molecule has 0 spiro atoms. The fraction of sp³-hybridized carbons (Fsp3) is 0.125. The SMILES string of the molecule is Cc1cc([N+](=O)[O-])ccc1Oc1ccc2ncn(C)c(=O)c2c1. The van der Waals surface area contributed by atoms with Crippen LogP contribution in [0.5, 0.6) is 11.5 Å². The summed E-state index contributed by atoms with van der Waals surface area (Å²) in [5.74, 6) is 0.968. The molecule has 1 aromatic heterocycles. The number of aryl methyl sites for hydroxylation is 2. The topological polar surface area (TPSA) is 87.3 Å². The standard InChI is InChI=1S/C16H13N3O4/c1-10-7-11(19(21)22)3-6-15(10)23-12-4-5-14-13(8-12)16(20)18(2)9-17-14/h3-9H,1-2H3. The van der Waals surface area contributed by atoms with Gasteiger partial charge in [-0.3, -0.25) is 14.9 Å². The smallest absolute Gasteiger partial charge is 0.269 e. The first-order valence-electron chi connectivity index (χ1n) is 6.84. The van der Waals surface area contributed by atoms with Crippen LogP contribution in [-0.4, -0.2) is 14.5 Å². The number of hydrogen-bond acceptors (Lipinski definition) is 5. The summed E-state index contributed by atoms with van der Waals surface area (Å²) in [6.07, 6.45) is 1.46. The number of nitro benzene ring substituents is 1. The molecular weight excluding hydrogens is 298 g/mol. The van der Waals surface area contributed by atoms with E-state index >= 15 is 0 Å². The number of nitrogens with zero attached hydrogens (tertiary/aromatic N) is 3. The summed E-state index contributed by atoms with van der Waals surface area (Å²) in [6, 6.07) is 9.38. The second-order valence-electron chi connectivity index (χ2n) is 5.15. The van der Waals surface area contributed by atoms with Crippen LogP contribution in [0.15, 0.2) is 47.5 Å². The van der Waals surface area contributed by atoms with E-state index < -0.39 is 4.92 Å². The molecule has 0 saturated carbocycles. The summed E-state index contributed by atoms with van der Waals surface area (Å²) < 4.78 is 7.14. The molecule has 0 bridgehead atoms. The van der Waals surface area contributed by atoms with Crippen LogP contribution in [0.1, 0.15) is 5.56 Å². The van der Waals surface area contributed by atoms with E-state index in [1.807, 2.05) is 0 Å². The van der Waals surface area contributed by atoms with Crippen LogP contribution in [-0.2, 0) is 7.05 Å². The molecule has 0 N–H and O–H groups in total. The molecule has 23 heavy (non-hydrogen) atoms. The van der Waals surface area contributed by atoms with E-state index in [1.165, 1.54) is 23.0 Å². The molecule has 0 radical (unpaired) electrons. The number of aromatic nitrogens is 2. The van der Waals surface area contributed by atoms with Crippen molar-refractivity contribution >= 4 is 16.6 Å². The molecular formula is C16H13N3O4. The van der Waals surface area contributed by atoms with Crippen LogP contribution in [0.3, 0.4) is 0 Å². The molecule has 0 amide bonds. The Morgan fingerprint density at radius 3 is 2.70 bits per heavy atom. The number of benzene rings is 2. The Morgan fingerprint density at radius 1 is 1.22 bits per heavy atom. The van der Waals surface area contributed by atoms with Gasteiger partial charge in [0.05, 0.1) is 22.2 Å². The maximum absolute atomic E-state index is 12.1. The Kier molecular flexibility index (Phi) is 3.53. The average Bonchev–Trinajstić information content (AvgIpc) is 2.53. The van der Waals surface area contributed by atoms with Gasteiger partial charge in [-0.2, -0.15) is 0 Å². The first kappa shape index (κ1) is 14.7. The Morgan fingerprint density at radius 2 is 2.00 bits per heavy atom. The van der Waals surface area contributed by atoms with E-state index in [-0.39, 0.29) is 11.2 Å². The minimum Gasteiger partial charge on any atom is -0.457 e. The zero-order chi connectivity index (χ0) is 16.6. The zero-order valence-corrected chi connectivity index (χ0v) is 12.5. The molecule has 0 aliphatic carbocycles. The predicted molar refractivity (Wildman–Crippen MR) is 84.9 cm³/mol. The van der Waals surface area contributed by atoms with E-state index in [4.69, 9.17) is 4.74 Å². The fourth-order valence-electron chi connectivity index (χ4n) is 2.24. The largest absolute Gasteiger partial charge is 0.457 e. The monoisotopic (exact) mass is 311 g/mol. The number of ether oxygens (including phenoxy) is 1. The molecule has 0 fully saturated rings. The van der Waals surface area contributed by atoms with Gasteiger partial charge in [0.25, 0.3) is 11.2 Å². The second kappa shape index (κ2) is 5.53. The second-order valence-corrected chi connectivity index (χ2v) is 5.15. The van der Waals surface area contributed by atoms with Crippen molar-refractivity contribution in [2.75, 3.05) is 0 Å². The summed E-state index contributed by atoms with van der Waals surface area (Å²) >= 11 is 0. The molecule has 1 heterocycles. The number of nitro groups is 1. The van der Waals surface area contributed by atoms with Gasteiger partial charge in [0.2, 0.25) is 0 Å².